The molecule has 1 aliphatic rings. The van der Waals surface area contributed by atoms with Gasteiger partial charge in [0.05, 0.1) is 6.42 Å². The molecule has 1 fully saturated rings. The van der Waals surface area contributed by atoms with Crippen molar-refractivity contribution in [2.75, 3.05) is 6.26 Å². The zero-order chi connectivity index (χ0) is 11.8. The SMILES string of the molecule is CS(=O)(=O)C1CC(=O)N1Cc1ccccc1. The average Bonchev–Trinajstić information content (AvgIpc) is 2.22. The summed E-state index contributed by atoms with van der Waals surface area (Å²) in [5.41, 5.74) is 0.948. The number of benzene rings is 1. The molecule has 1 aliphatic heterocycles. The van der Waals surface area contributed by atoms with Crippen molar-refractivity contribution >= 4 is 15.7 Å². The Kier molecular flexibility index (Phi) is 2.71. The lowest BCUT2D eigenvalue weighted by atomic mass is 10.1. The monoisotopic (exact) mass is 239 g/mol. The van der Waals surface area contributed by atoms with E-state index < -0.39 is 15.2 Å². The number of hydrogen-bond acceptors (Lipinski definition) is 3. The number of hydrogen-bond donors (Lipinski definition) is 0. The second-order valence-electron chi connectivity index (χ2n) is 4.00. The average molecular weight is 239 g/mol. The van der Waals surface area contributed by atoms with Crippen LogP contribution in [0.15, 0.2) is 30.3 Å². The Morgan fingerprint density at radius 1 is 1.31 bits per heavy atom. The van der Waals surface area contributed by atoms with Crippen LogP contribution in [0.4, 0.5) is 0 Å². The fourth-order valence-corrected chi connectivity index (χ4v) is 2.88. The summed E-state index contributed by atoms with van der Waals surface area (Å²) in [6.45, 7) is 0.372. The molecule has 1 heterocycles. The minimum atomic E-state index is -3.16. The maximum Gasteiger partial charge on any atom is 0.227 e. The second-order valence-corrected chi connectivity index (χ2v) is 6.20. The van der Waals surface area contributed by atoms with E-state index in [-0.39, 0.29) is 12.3 Å². The molecule has 1 unspecified atom stereocenters. The number of carbonyl (C=O) groups is 1. The largest absolute Gasteiger partial charge is 0.321 e. The molecule has 0 spiro atoms. The highest BCUT2D eigenvalue weighted by molar-refractivity contribution is 7.91. The first kappa shape index (κ1) is 11.1. The Morgan fingerprint density at radius 2 is 1.94 bits per heavy atom. The highest BCUT2D eigenvalue weighted by atomic mass is 32.2. The Bertz CT molecular complexity index is 495. The van der Waals surface area contributed by atoms with Gasteiger partial charge in [-0.25, -0.2) is 8.42 Å². The standard InChI is InChI=1S/C11H13NO3S/c1-16(14,15)11-7-10(13)12(11)8-9-5-3-2-4-6-9/h2-6,11H,7-8H2,1H3. The van der Waals surface area contributed by atoms with Crippen molar-refractivity contribution < 1.29 is 13.2 Å². The van der Waals surface area contributed by atoms with E-state index in [0.29, 0.717) is 6.54 Å². The molecule has 0 saturated carbocycles. The molecule has 5 heteroatoms. The lowest BCUT2D eigenvalue weighted by molar-refractivity contribution is -0.142. The molecule has 86 valence electrons. The van der Waals surface area contributed by atoms with Gasteiger partial charge in [-0.15, -0.1) is 0 Å². The molecule has 1 aromatic carbocycles. The molecule has 0 aliphatic carbocycles. The smallest absolute Gasteiger partial charge is 0.227 e. The van der Waals surface area contributed by atoms with Crippen LogP contribution >= 0.6 is 0 Å². The van der Waals surface area contributed by atoms with Crippen LogP contribution in [0.2, 0.25) is 0 Å². The molecule has 1 saturated heterocycles. The summed E-state index contributed by atoms with van der Waals surface area (Å²) in [7, 11) is -3.16. The van der Waals surface area contributed by atoms with Crippen LogP contribution in [0, 0.1) is 0 Å². The number of sulfone groups is 1. The number of nitrogens with zero attached hydrogens (tertiary/aromatic N) is 1. The number of likely N-dealkylation sites (tertiary alicyclic amines) is 1. The molecule has 2 rings (SSSR count). The number of carbonyl (C=O) groups excluding carboxylic acids is 1. The molecule has 0 bridgehead atoms. The van der Waals surface area contributed by atoms with Gasteiger partial charge in [0.2, 0.25) is 5.91 Å². The van der Waals surface area contributed by atoms with E-state index in [1.165, 1.54) is 11.2 Å². The van der Waals surface area contributed by atoms with Gasteiger partial charge < -0.3 is 4.90 Å². The van der Waals surface area contributed by atoms with E-state index in [0.717, 1.165) is 5.56 Å². The van der Waals surface area contributed by atoms with Gasteiger partial charge in [0.15, 0.2) is 9.84 Å². The van der Waals surface area contributed by atoms with E-state index in [1.807, 2.05) is 30.3 Å². The molecular weight excluding hydrogens is 226 g/mol. The summed E-state index contributed by atoms with van der Waals surface area (Å²) in [6, 6.07) is 9.38. The van der Waals surface area contributed by atoms with Crippen LogP contribution in [0.5, 0.6) is 0 Å². The predicted octanol–water partition coefficient (Wildman–Crippen LogP) is 0.790. The van der Waals surface area contributed by atoms with Crippen LogP contribution in [0.3, 0.4) is 0 Å². The van der Waals surface area contributed by atoms with Crippen molar-refractivity contribution in [1.29, 1.82) is 0 Å². The molecule has 1 atom stereocenters. The third kappa shape index (κ3) is 2.09. The van der Waals surface area contributed by atoms with Crippen molar-refractivity contribution in [1.82, 2.24) is 4.90 Å². The van der Waals surface area contributed by atoms with Crippen LogP contribution in [0.25, 0.3) is 0 Å². The Morgan fingerprint density at radius 3 is 2.44 bits per heavy atom. The van der Waals surface area contributed by atoms with Gasteiger partial charge in [0.25, 0.3) is 0 Å². The van der Waals surface area contributed by atoms with Gasteiger partial charge in [-0.05, 0) is 5.56 Å². The molecule has 4 nitrogen and oxygen atoms in total. The molecule has 0 aromatic heterocycles. The first-order valence-corrected chi connectivity index (χ1v) is 6.96. The van der Waals surface area contributed by atoms with Crippen molar-refractivity contribution in [3.05, 3.63) is 35.9 Å². The quantitative estimate of drug-likeness (QED) is 0.733. The second kappa shape index (κ2) is 3.90. The summed E-state index contributed by atoms with van der Waals surface area (Å²) in [6.07, 6.45) is 1.29. The zero-order valence-corrected chi connectivity index (χ0v) is 9.78. The Hall–Kier alpha value is -1.36. The fraction of sp³-hybridized carbons (Fsp3) is 0.364. The Labute approximate surface area is 94.8 Å². The first-order valence-electron chi connectivity index (χ1n) is 5.01. The molecular formula is C11H13NO3S. The van der Waals surface area contributed by atoms with E-state index in [9.17, 15) is 13.2 Å². The van der Waals surface area contributed by atoms with Gasteiger partial charge in [-0.2, -0.15) is 0 Å². The van der Waals surface area contributed by atoms with Crippen LogP contribution in [0.1, 0.15) is 12.0 Å². The summed E-state index contributed by atoms with van der Waals surface area (Å²) in [4.78, 5) is 12.8. The molecule has 1 aromatic rings. The van der Waals surface area contributed by atoms with E-state index in [2.05, 4.69) is 0 Å². The fourth-order valence-electron chi connectivity index (χ4n) is 1.78. The van der Waals surface area contributed by atoms with E-state index >= 15 is 0 Å². The normalized spacial score (nSPS) is 20.7. The topological polar surface area (TPSA) is 54.5 Å². The molecule has 0 N–H and O–H groups in total. The third-order valence-corrected chi connectivity index (χ3v) is 4.12. The lowest BCUT2D eigenvalue weighted by Crippen LogP contribution is -2.55. The summed E-state index contributed by atoms with van der Waals surface area (Å²) < 4.78 is 22.7. The summed E-state index contributed by atoms with van der Waals surface area (Å²) in [5.74, 6) is -0.0979. The van der Waals surface area contributed by atoms with Crippen molar-refractivity contribution in [3.63, 3.8) is 0 Å². The van der Waals surface area contributed by atoms with Crippen molar-refractivity contribution in [2.24, 2.45) is 0 Å². The zero-order valence-electron chi connectivity index (χ0n) is 8.96. The summed E-state index contributed by atoms with van der Waals surface area (Å²) in [5, 5.41) is -0.639. The highest BCUT2D eigenvalue weighted by Gasteiger charge is 2.42. The van der Waals surface area contributed by atoms with E-state index in [4.69, 9.17) is 0 Å². The van der Waals surface area contributed by atoms with Crippen LogP contribution < -0.4 is 0 Å². The van der Waals surface area contributed by atoms with Crippen LogP contribution in [-0.2, 0) is 21.2 Å². The number of β-lactam (4-membered cyclic amide) rings is 1. The predicted molar refractivity (Wildman–Crippen MR) is 60.2 cm³/mol. The summed E-state index contributed by atoms with van der Waals surface area (Å²) >= 11 is 0. The minimum Gasteiger partial charge on any atom is -0.321 e. The first-order chi connectivity index (χ1) is 7.48. The van der Waals surface area contributed by atoms with Gasteiger partial charge in [0, 0.05) is 12.8 Å². The lowest BCUT2D eigenvalue weighted by Gasteiger charge is -2.38. The van der Waals surface area contributed by atoms with Gasteiger partial charge in [-0.1, -0.05) is 30.3 Å². The van der Waals surface area contributed by atoms with Gasteiger partial charge in [0.1, 0.15) is 5.37 Å². The third-order valence-electron chi connectivity index (χ3n) is 2.71. The van der Waals surface area contributed by atoms with Crippen molar-refractivity contribution in [2.45, 2.75) is 18.3 Å². The van der Waals surface area contributed by atoms with Crippen molar-refractivity contribution in [3.8, 4) is 0 Å². The highest BCUT2D eigenvalue weighted by Crippen LogP contribution is 2.25. The number of amides is 1. The number of rotatable bonds is 3. The molecule has 0 radical (unpaired) electrons. The minimum absolute atomic E-state index is 0.0979. The molecule has 1 amide bonds. The Balaban J connectivity index is 2.13. The maximum absolute atomic E-state index is 11.4. The van der Waals surface area contributed by atoms with Gasteiger partial charge in [-0.3, -0.25) is 4.79 Å². The van der Waals surface area contributed by atoms with E-state index in [1.54, 1.807) is 0 Å². The molecule has 16 heavy (non-hydrogen) atoms. The maximum atomic E-state index is 11.4. The van der Waals surface area contributed by atoms with Gasteiger partial charge >= 0.3 is 0 Å². The van der Waals surface area contributed by atoms with Crippen LogP contribution in [-0.4, -0.2) is 30.9 Å².